The quantitative estimate of drug-likeness (QED) is 0.726. The van der Waals surface area contributed by atoms with E-state index in [0.717, 1.165) is 25.4 Å². The van der Waals surface area contributed by atoms with E-state index in [2.05, 4.69) is 51.5 Å². The predicted octanol–water partition coefficient (Wildman–Crippen LogP) is 4.39. The minimum Gasteiger partial charge on any atom is -0.310 e. The van der Waals surface area contributed by atoms with Crippen molar-refractivity contribution in [3.63, 3.8) is 0 Å². The zero-order valence-corrected chi connectivity index (χ0v) is 14.3. The van der Waals surface area contributed by atoms with Gasteiger partial charge in [0.1, 0.15) is 0 Å². The highest BCUT2D eigenvalue weighted by Crippen LogP contribution is 2.24. The van der Waals surface area contributed by atoms with Crippen molar-refractivity contribution in [2.24, 2.45) is 5.92 Å². The first-order valence-electron chi connectivity index (χ1n) is 8.28. The average Bonchev–Trinajstić information content (AvgIpc) is 2.67. The largest absolute Gasteiger partial charge is 0.310 e. The molecule has 116 valence electrons. The van der Waals surface area contributed by atoms with Gasteiger partial charge in [0.2, 0.25) is 0 Å². The minimum absolute atomic E-state index is 0.453. The van der Waals surface area contributed by atoms with E-state index in [4.69, 9.17) is 5.10 Å². The number of hydrogen-bond acceptors (Lipinski definition) is 2. The van der Waals surface area contributed by atoms with Crippen molar-refractivity contribution in [1.29, 1.82) is 0 Å². The maximum Gasteiger partial charge on any atom is 0.0644 e. The molecule has 0 aliphatic carbocycles. The molecule has 1 N–H and O–H groups in total. The van der Waals surface area contributed by atoms with Crippen molar-refractivity contribution in [3.05, 3.63) is 17.0 Å². The molecule has 1 heterocycles. The van der Waals surface area contributed by atoms with Crippen molar-refractivity contribution in [2.45, 2.75) is 79.8 Å². The van der Waals surface area contributed by atoms with Crippen LogP contribution in [0, 0.1) is 19.8 Å². The van der Waals surface area contributed by atoms with Crippen molar-refractivity contribution < 1.29 is 0 Å². The summed E-state index contributed by atoms with van der Waals surface area (Å²) in [5, 5.41) is 8.41. The first-order valence-corrected chi connectivity index (χ1v) is 8.28. The van der Waals surface area contributed by atoms with Crippen LogP contribution in [-0.4, -0.2) is 16.3 Å². The van der Waals surface area contributed by atoms with Crippen molar-refractivity contribution >= 4 is 0 Å². The fraction of sp³-hybridized carbons (Fsp3) is 0.824. The smallest absolute Gasteiger partial charge is 0.0644 e. The van der Waals surface area contributed by atoms with Gasteiger partial charge in [-0.1, -0.05) is 27.7 Å². The lowest BCUT2D eigenvalue weighted by Gasteiger charge is -2.17. The molecule has 0 spiro atoms. The van der Waals surface area contributed by atoms with Crippen LogP contribution in [-0.2, 0) is 6.54 Å². The molecule has 0 saturated heterocycles. The third-order valence-electron chi connectivity index (χ3n) is 3.99. The van der Waals surface area contributed by atoms with Gasteiger partial charge in [-0.15, -0.1) is 0 Å². The Morgan fingerprint density at radius 3 is 2.45 bits per heavy atom. The van der Waals surface area contributed by atoms with Crippen molar-refractivity contribution in [1.82, 2.24) is 15.1 Å². The molecule has 0 saturated carbocycles. The van der Waals surface area contributed by atoms with Crippen LogP contribution < -0.4 is 5.32 Å². The van der Waals surface area contributed by atoms with Gasteiger partial charge in [0.15, 0.2) is 0 Å². The Bertz CT molecular complexity index is 393. The Labute approximate surface area is 125 Å². The third-order valence-corrected chi connectivity index (χ3v) is 3.99. The summed E-state index contributed by atoms with van der Waals surface area (Å²) >= 11 is 0. The Morgan fingerprint density at radius 1 is 1.20 bits per heavy atom. The summed E-state index contributed by atoms with van der Waals surface area (Å²) in [6, 6.07) is 0.453. The first-order chi connectivity index (χ1) is 9.51. The molecule has 0 amide bonds. The van der Waals surface area contributed by atoms with Crippen LogP contribution >= 0.6 is 0 Å². The molecule has 0 radical (unpaired) electrons. The van der Waals surface area contributed by atoms with Gasteiger partial charge in [0, 0.05) is 23.8 Å². The van der Waals surface area contributed by atoms with E-state index in [1.54, 1.807) is 0 Å². The molecule has 1 aromatic rings. The van der Waals surface area contributed by atoms with Gasteiger partial charge in [0.05, 0.1) is 5.69 Å². The lowest BCUT2D eigenvalue weighted by molar-refractivity contribution is 0.480. The summed E-state index contributed by atoms with van der Waals surface area (Å²) < 4.78 is 2.21. The molecule has 0 aliphatic rings. The number of rotatable bonds is 9. The van der Waals surface area contributed by atoms with E-state index in [-0.39, 0.29) is 0 Å². The summed E-state index contributed by atoms with van der Waals surface area (Å²) in [5.74, 6) is 0.779. The number of aryl methyl sites for hydroxylation is 2. The van der Waals surface area contributed by atoms with E-state index >= 15 is 0 Å². The summed E-state index contributed by atoms with van der Waals surface area (Å²) in [7, 11) is 0. The third kappa shape index (κ3) is 4.62. The van der Waals surface area contributed by atoms with Crippen molar-refractivity contribution in [3.8, 4) is 0 Å². The molecule has 1 aromatic heterocycles. The van der Waals surface area contributed by atoms with Crippen LogP contribution in [0.5, 0.6) is 0 Å². The number of nitrogens with one attached hydrogen (secondary N) is 1. The molecule has 3 heteroatoms. The molecule has 1 rings (SSSR count). The maximum absolute atomic E-state index is 4.76. The molecule has 1 atom stereocenters. The highest BCUT2D eigenvalue weighted by molar-refractivity contribution is 5.28. The lowest BCUT2D eigenvalue weighted by Crippen LogP contribution is -2.22. The second-order valence-electron chi connectivity index (χ2n) is 6.26. The summed E-state index contributed by atoms with van der Waals surface area (Å²) in [5.41, 5.74) is 3.97. The van der Waals surface area contributed by atoms with Crippen LogP contribution in [0.25, 0.3) is 0 Å². The van der Waals surface area contributed by atoms with E-state index in [1.165, 1.54) is 36.2 Å². The summed E-state index contributed by atoms with van der Waals surface area (Å²) in [6.45, 7) is 15.5. The Balaban J connectivity index is 2.78. The van der Waals surface area contributed by atoms with Gasteiger partial charge in [0.25, 0.3) is 0 Å². The van der Waals surface area contributed by atoms with Crippen LogP contribution in [0.2, 0.25) is 0 Å². The second-order valence-corrected chi connectivity index (χ2v) is 6.26. The molecule has 3 nitrogen and oxygen atoms in total. The zero-order chi connectivity index (χ0) is 15.1. The monoisotopic (exact) mass is 279 g/mol. The van der Waals surface area contributed by atoms with E-state index in [1.807, 2.05) is 0 Å². The van der Waals surface area contributed by atoms with Crippen molar-refractivity contribution in [2.75, 3.05) is 6.54 Å². The second kappa shape index (κ2) is 8.46. The Morgan fingerprint density at radius 2 is 1.90 bits per heavy atom. The molecular weight excluding hydrogens is 246 g/mol. The fourth-order valence-corrected chi connectivity index (χ4v) is 2.85. The van der Waals surface area contributed by atoms with E-state index < -0.39 is 0 Å². The molecule has 1 unspecified atom stereocenters. The standard InChI is InChI=1S/C17H33N3/c1-7-11-18-16(8-2)17-14(5)19-20(15(17)6)12-9-10-13(3)4/h13,16,18H,7-12H2,1-6H3. The predicted molar refractivity (Wildman–Crippen MR) is 87.1 cm³/mol. The highest BCUT2D eigenvalue weighted by atomic mass is 15.3. The van der Waals surface area contributed by atoms with E-state index in [0.29, 0.717) is 6.04 Å². The van der Waals surface area contributed by atoms with Gasteiger partial charge in [-0.25, -0.2) is 0 Å². The molecule has 0 aliphatic heterocycles. The van der Waals surface area contributed by atoms with Crippen LogP contribution in [0.1, 0.15) is 76.4 Å². The van der Waals surface area contributed by atoms with Crippen LogP contribution in [0.4, 0.5) is 0 Å². The normalized spacial score (nSPS) is 13.2. The van der Waals surface area contributed by atoms with Crippen LogP contribution in [0.15, 0.2) is 0 Å². The zero-order valence-electron chi connectivity index (χ0n) is 14.3. The highest BCUT2D eigenvalue weighted by Gasteiger charge is 2.18. The number of nitrogens with zero attached hydrogens (tertiary/aromatic N) is 2. The minimum atomic E-state index is 0.453. The van der Waals surface area contributed by atoms with Crippen LogP contribution in [0.3, 0.4) is 0 Å². The van der Waals surface area contributed by atoms with Gasteiger partial charge < -0.3 is 5.32 Å². The molecular formula is C17H33N3. The van der Waals surface area contributed by atoms with Gasteiger partial charge >= 0.3 is 0 Å². The molecule has 0 bridgehead atoms. The topological polar surface area (TPSA) is 29.9 Å². The average molecular weight is 279 g/mol. The van der Waals surface area contributed by atoms with Gasteiger partial charge in [-0.05, 0) is 52.0 Å². The molecule has 20 heavy (non-hydrogen) atoms. The Hall–Kier alpha value is -0.830. The Kier molecular flexibility index (Phi) is 7.28. The number of hydrogen-bond donors (Lipinski definition) is 1. The van der Waals surface area contributed by atoms with Gasteiger partial charge in [-0.2, -0.15) is 5.10 Å². The first kappa shape index (κ1) is 17.2. The van der Waals surface area contributed by atoms with Gasteiger partial charge in [-0.3, -0.25) is 4.68 Å². The summed E-state index contributed by atoms with van der Waals surface area (Å²) in [6.07, 6.45) is 4.80. The lowest BCUT2D eigenvalue weighted by atomic mass is 10.0. The summed E-state index contributed by atoms with van der Waals surface area (Å²) in [4.78, 5) is 0. The number of aromatic nitrogens is 2. The molecule has 0 aromatic carbocycles. The molecule has 0 fully saturated rings. The SMILES string of the molecule is CCCNC(CC)c1c(C)nn(CCCC(C)C)c1C. The fourth-order valence-electron chi connectivity index (χ4n) is 2.85. The van der Waals surface area contributed by atoms with E-state index in [9.17, 15) is 0 Å². The maximum atomic E-state index is 4.76.